The average Bonchev–Trinajstić information content (AvgIpc) is 1.35. The van der Waals surface area contributed by atoms with E-state index in [9.17, 15) is 4.57 Å². The third kappa shape index (κ3) is 15.7. The molecule has 0 saturated carbocycles. The summed E-state index contributed by atoms with van der Waals surface area (Å²) in [5.74, 6) is 0. The smallest absolute Gasteiger partial charge is 0.358 e. The van der Waals surface area contributed by atoms with Crippen LogP contribution in [0.5, 0.6) is 0 Å². The quantitative estimate of drug-likeness (QED) is 0.386. The molecule has 8 heteroatoms. The fourth-order valence-electron chi connectivity index (χ4n) is 0. The Hall–Kier alpha value is 1.45. The fraction of sp³-hybridized carbons (Fsp3) is 0. The van der Waals surface area contributed by atoms with E-state index < -0.39 is 7.82 Å². The van der Waals surface area contributed by atoms with Gasteiger partial charge < -0.3 is 14.2 Å². The molecule has 0 spiro atoms. The Balaban J connectivity index is -0.000000125. The van der Waals surface area contributed by atoms with Crippen molar-refractivity contribution in [2.45, 2.75) is 0 Å². The normalized spacial score (nSPS) is 8.75. The van der Waals surface area contributed by atoms with Gasteiger partial charge in [0.15, 0.2) is 17.4 Å². The van der Waals surface area contributed by atoms with E-state index in [4.69, 9.17) is 9.79 Å². The molecule has 0 aliphatic rings. The van der Waals surface area contributed by atoms with Crippen molar-refractivity contribution in [1.29, 1.82) is 0 Å². The molecule has 0 aliphatic carbocycles. The van der Waals surface area contributed by atoms with E-state index in [0.717, 1.165) is 8.05 Å². The number of rotatable bonds is 1. The molecule has 0 fully saturated rings. The Labute approximate surface area is 74.3 Å². The van der Waals surface area contributed by atoms with E-state index in [0.29, 0.717) is 0 Å². The summed E-state index contributed by atoms with van der Waals surface area (Å²) in [6, 6.07) is 0. The first-order chi connectivity index (χ1) is 2.56. The topological polar surface area (TPSA) is 66.8 Å². The minimum Gasteiger partial charge on any atom is -0.358 e. The Morgan fingerprint density at radius 2 is 1.62 bits per heavy atom. The maximum Gasteiger partial charge on any atom is 0.454 e. The molecule has 47 valence electrons. The summed E-state index contributed by atoms with van der Waals surface area (Å²) in [4.78, 5) is 15.4. The molecule has 2 N–H and O–H groups in total. The van der Waals surface area contributed by atoms with Crippen LogP contribution in [0.25, 0.3) is 0 Å². The van der Waals surface area contributed by atoms with Crippen LogP contribution in [0.1, 0.15) is 0 Å². The molecule has 0 unspecified atom stereocenters. The SMILES string of the molecule is BOP(=O)(O)O.[AlH3].[Nb]. The third-order valence-electron chi connectivity index (χ3n) is 0.238. The van der Waals surface area contributed by atoms with E-state index in [1.807, 2.05) is 0 Å². The van der Waals surface area contributed by atoms with Crippen molar-refractivity contribution >= 4 is 33.2 Å². The van der Waals surface area contributed by atoms with Crippen LogP contribution in [0.4, 0.5) is 0 Å². The van der Waals surface area contributed by atoms with Gasteiger partial charge in [0.25, 0.3) is 8.05 Å². The van der Waals surface area contributed by atoms with Crippen molar-refractivity contribution in [3.05, 3.63) is 0 Å². The van der Waals surface area contributed by atoms with Crippen LogP contribution in [0.15, 0.2) is 0 Å². The molecule has 0 aromatic carbocycles. The van der Waals surface area contributed by atoms with Gasteiger partial charge in [-0.1, -0.05) is 0 Å². The van der Waals surface area contributed by atoms with Crippen LogP contribution in [0.2, 0.25) is 0 Å². The van der Waals surface area contributed by atoms with Gasteiger partial charge in [-0.2, -0.15) is 0 Å². The maximum atomic E-state index is 9.47. The van der Waals surface area contributed by atoms with Crippen molar-refractivity contribution in [3.63, 3.8) is 0 Å². The zero-order valence-electron chi connectivity index (χ0n) is 3.61. The number of hydrogen-bond donors (Lipinski definition) is 2. The number of phosphoric acid groups is 1. The second kappa shape index (κ2) is 6.57. The van der Waals surface area contributed by atoms with Crippen molar-refractivity contribution in [2.75, 3.05) is 0 Å². The molecule has 0 saturated heterocycles. The van der Waals surface area contributed by atoms with Crippen LogP contribution in [0.3, 0.4) is 0 Å². The van der Waals surface area contributed by atoms with Crippen LogP contribution in [-0.2, 0) is 31.4 Å². The molecule has 0 aliphatic heterocycles. The molecule has 0 rings (SSSR count). The minimum absolute atomic E-state index is 0. The summed E-state index contributed by atoms with van der Waals surface area (Å²) < 4.78 is 13.1. The molecule has 0 amide bonds. The molecule has 0 heterocycles. The van der Waals surface area contributed by atoms with Gasteiger partial charge in [0.1, 0.15) is 0 Å². The van der Waals surface area contributed by atoms with E-state index >= 15 is 0 Å². The summed E-state index contributed by atoms with van der Waals surface area (Å²) >= 11 is 0. The fourth-order valence-corrected chi connectivity index (χ4v) is 0. The second-order valence-corrected chi connectivity index (χ2v) is 2.02. The molecule has 0 aromatic heterocycles. The van der Waals surface area contributed by atoms with Crippen molar-refractivity contribution in [3.8, 4) is 0 Å². The average molecular weight is 233 g/mol. The standard InChI is InChI=1S/Al.BH4O4P.Nb.3H/c;1-5-6(2,3)4;;;;/h;1H2,(H2,2,3,4);;;;. The van der Waals surface area contributed by atoms with Gasteiger partial charge in [-0.15, -0.1) is 0 Å². The van der Waals surface area contributed by atoms with Crippen molar-refractivity contribution in [2.24, 2.45) is 0 Å². The zero-order valence-corrected chi connectivity index (χ0v) is 6.70. The van der Waals surface area contributed by atoms with Gasteiger partial charge in [-0.05, 0) is 0 Å². The first-order valence-corrected chi connectivity index (χ1v) is 2.70. The Bertz CT molecular complexity index is 80.1. The summed E-state index contributed by atoms with van der Waals surface area (Å²) in [7, 11) is -3.20. The Morgan fingerprint density at radius 1 is 1.50 bits per heavy atom. The first-order valence-electron chi connectivity index (χ1n) is 1.17. The van der Waals surface area contributed by atoms with Gasteiger partial charge in [-0.3, -0.25) is 0 Å². The van der Waals surface area contributed by atoms with Crippen LogP contribution >= 0.6 is 7.82 Å². The van der Waals surface area contributed by atoms with Gasteiger partial charge in [0.2, 0.25) is 0 Å². The summed E-state index contributed by atoms with van der Waals surface area (Å²) in [6.07, 6.45) is 0. The largest absolute Gasteiger partial charge is 0.454 e. The molecule has 8 heavy (non-hydrogen) atoms. The Kier molecular flexibility index (Phi) is 13.3. The van der Waals surface area contributed by atoms with Crippen LogP contribution in [-0.4, -0.2) is 35.2 Å². The maximum absolute atomic E-state index is 9.47. The van der Waals surface area contributed by atoms with Crippen molar-refractivity contribution in [1.82, 2.24) is 0 Å². The Morgan fingerprint density at radius 3 is 1.62 bits per heavy atom. The van der Waals surface area contributed by atoms with Gasteiger partial charge in [0.05, 0.1) is 0 Å². The van der Waals surface area contributed by atoms with E-state index in [1.54, 1.807) is 0 Å². The second-order valence-electron chi connectivity index (χ2n) is 0.673. The predicted octanol–water partition coefficient (Wildman–Crippen LogP) is -2.54. The molecule has 0 aromatic rings. The van der Waals surface area contributed by atoms with Crippen LogP contribution < -0.4 is 0 Å². The molecule has 1 radical (unpaired) electrons. The molecule has 4 nitrogen and oxygen atoms in total. The van der Waals surface area contributed by atoms with E-state index in [-0.39, 0.29) is 39.7 Å². The van der Waals surface area contributed by atoms with Gasteiger partial charge in [0, 0.05) is 22.4 Å². The van der Waals surface area contributed by atoms with Gasteiger partial charge >= 0.3 is 7.82 Å². The minimum atomic E-state index is -4.15. The predicted molar refractivity (Wildman–Crippen MR) is 31.6 cm³/mol. The van der Waals surface area contributed by atoms with E-state index in [2.05, 4.69) is 4.44 Å². The molecule has 0 bridgehead atoms. The first kappa shape index (κ1) is 16.2. The van der Waals surface area contributed by atoms with E-state index in [1.165, 1.54) is 0 Å². The van der Waals surface area contributed by atoms with Crippen LogP contribution in [0, 0.1) is 0 Å². The molecular weight excluding hydrogens is 226 g/mol. The molecular formula is H7AlBNbO4P. The third-order valence-corrected chi connectivity index (χ3v) is 0.714. The van der Waals surface area contributed by atoms with Crippen molar-refractivity contribution < 1.29 is 41.2 Å². The summed E-state index contributed by atoms with van der Waals surface area (Å²) in [6.45, 7) is 0. The van der Waals surface area contributed by atoms with Gasteiger partial charge in [-0.25, -0.2) is 4.57 Å². The monoisotopic (exact) mass is 233 g/mol. The number of hydrogen-bond acceptors (Lipinski definition) is 2. The molecule has 0 atom stereocenters. The summed E-state index contributed by atoms with van der Waals surface area (Å²) in [5.41, 5.74) is 0. The summed E-state index contributed by atoms with van der Waals surface area (Å²) in [5, 5.41) is 0. The zero-order chi connectivity index (χ0) is 5.21.